The van der Waals surface area contributed by atoms with Gasteiger partial charge < -0.3 is 0 Å². The monoisotopic (exact) mass is 262 g/mol. The molecule has 1 aliphatic heterocycles. The zero-order chi connectivity index (χ0) is 11.1. The van der Waals surface area contributed by atoms with Crippen LogP contribution in [0.3, 0.4) is 0 Å². The average molecular weight is 263 g/mol. The maximum Gasteiger partial charge on any atom is 0.236 e. The minimum absolute atomic E-state index is 0.0645. The third-order valence-corrected chi connectivity index (χ3v) is 4.57. The lowest BCUT2D eigenvalue weighted by Crippen LogP contribution is -2.01. The van der Waals surface area contributed by atoms with Crippen LogP contribution in [0.5, 0.6) is 0 Å². The van der Waals surface area contributed by atoms with Gasteiger partial charge in [0.05, 0.1) is 5.75 Å². The summed E-state index contributed by atoms with van der Waals surface area (Å²) in [6, 6.07) is 5.77. The van der Waals surface area contributed by atoms with Crippen LogP contribution in [-0.4, -0.2) is 13.7 Å². The van der Waals surface area contributed by atoms with Crippen molar-refractivity contribution in [3.05, 3.63) is 29.3 Å². The Labute approximate surface area is 98.4 Å². The lowest BCUT2D eigenvalue weighted by molar-refractivity contribution is 0.608. The highest BCUT2D eigenvalue weighted by Gasteiger charge is 2.22. The van der Waals surface area contributed by atoms with Crippen LogP contribution < -0.4 is 0 Å². The van der Waals surface area contributed by atoms with E-state index in [1.54, 1.807) is 11.8 Å². The van der Waals surface area contributed by atoms with Crippen molar-refractivity contribution in [1.29, 1.82) is 0 Å². The Balaban J connectivity index is 2.39. The van der Waals surface area contributed by atoms with Crippen molar-refractivity contribution in [1.82, 2.24) is 0 Å². The highest BCUT2D eigenvalue weighted by Crippen LogP contribution is 2.38. The second-order valence-corrected chi connectivity index (χ2v) is 7.97. The standard InChI is InChI=1S/C10H11ClO2S2/c1-7-5-9-8(6-15(11,12)13)3-2-4-10(9)14-7/h2-4,7H,5-6H2,1H3. The van der Waals surface area contributed by atoms with Gasteiger partial charge in [-0.05, 0) is 23.6 Å². The van der Waals surface area contributed by atoms with Crippen LogP contribution in [0.1, 0.15) is 18.1 Å². The van der Waals surface area contributed by atoms with Gasteiger partial charge in [-0.2, -0.15) is 0 Å². The first-order chi connectivity index (χ1) is 6.96. The summed E-state index contributed by atoms with van der Waals surface area (Å²) in [4.78, 5) is 1.19. The molecule has 0 bridgehead atoms. The number of hydrogen-bond donors (Lipinski definition) is 0. The zero-order valence-electron chi connectivity index (χ0n) is 8.23. The fraction of sp³-hybridized carbons (Fsp3) is 0.400. The van der Waals surface area contributed by atoms with E-state index in [0.29, 0.717) is 5.25 Å². The van der Waals surface area contributed by atoms with E-state index in [-0.39, 0.29) is 5.75 Å². The predicted octanol–water partition coefficient (Wildman–Crippen LogP) is 2.79. The Bertz CT molecular complexity index is 482. The van der Waals surface area contributed by atoms with Gasteiger partial charge in [0.1, 0.15) is 0 Å². The molecule has 0 saturated carbocycles. The van der Waals surface area contributed by atoms with Crippen LogP contribution in [0.15, 0.2) is 23.1 Å². The molecule has 1 aromatic carbocycles. The van der Waals surface area contributed by atoms with Gasteiger partial charge in [-0.15, -0.1) is 11.8 Å². The molecule has 82 valence electrons. The summed E-state index contributed by atoms with van der Waals surface area (Å²) in [5.41, 5.74) is 2.00. The number of fused-ring (bicyclic) bond motifs is 1. The van der Waals surface area contributed by atoms with Crippen molar-refractivity contribution in [2.45, 2.75) is 29.2 Å². The van der Waals surface area contributed by atoms with E-state index in [4.69, 9.17) is 10.7 Å². The van der Waals surface area contributed by atoms with Crippen LogP contribution in [0.25, 0.3) is 0 Å². The molecule has 1 aromatic rings. The van der Waals surface area contributed by atoms with Crippen molar-refractivity contribution in [2.75, 3.05) is 0 Å². The first-order valence-corrected chi connectivity index (χ1v) is 8.01. The lowest BCUT2D eigenvalue weighted by Gasteiger charge is -2.05. The molecular weight excluding hydrogens is 252 g/mol. The Morgan fingerprint density at radius 3 is 2.93 bits per heavy atom. The van der Waals surface area contributed by atoms with Gasteiger partial charge >= 0.3 is 0 Å². The maximum absolute atomic E-state index is 11.0. The molecule has 1 unspecified atom stereocenters. The molecule has 15 heavy (non-hydrogen) atoms. The minimum Gasteiger partial charge on any atom is -0.212 e. The Hall–Kier alpha value is -0.190. The highest BCUT2D eigenvalue weighted by molar-refractivity contribution is 8.13. The van der Waals surface area contributed by atoms with E-state index in [1.165, 1.54) is 4.90 Å². The van der Waals surface area contributed by atoms with Crippen LogP contribution in [0.2, 0.25) is 0 Å². The van der Waals surface area contributed by atoms with Gasteiger partial charge in [0.15, 0.2) is 0 Å². The Kier molecular flexibility index (Phi) is 3.01. The van der Waals surface area contributed by atoms with Gasteiger partial charge in [-0.1, -0.05) is 19.1 Å². The van der Waals surface area contributed by atoms with Gasteiger partial charge in [-0.25, -0.2) is 8.42 Å². The van der Waals surface area contributed by atoms with Crippen molar-refractivity contribution < 1.29 is 8.42 Å². The number of hydrogen-bond acceptors (Lipinski definition) is 3. The second kappa shape index (κ2) is 4.00. The summed E-state index contributed by atoms with van der Waals surface area (Å²) in [6.07, 6.45) is 0.933. The highest BCUT2D eigenvalue weighted by atomic mass is 35.7. The Morgan fingerprint density at radius 1 is 1.53 bits per heavy atom. The summed E-state index contributed by atoms with van der Waals surface area (Å²) in [5, 5.41) is 0.527. The van der Waals surface area contributed by atoms with Crippen molar-refractivity contribution >= 4 is 31.5 Å². The third-order valence-electron chi connectivity index (χ3n) is 2.38. The van der Waals surface area contributed by atoms with Gasteiger partial charge in [0, 0.05) is 20.8 Å². The molecule has 5 heteroatoms. The van der Waals surface area contributed by atoms with Crippen molar-refractivity contribution in [2.24, 2.45) is 0 Å². The van der Waals surface area contributed by atoms with E-state index in [0.717, 1.165) is 17.5 Å². The maximum atomic E-state index is 11.0. The van der Waals surface area contributed by atoms with Gasteiger partial charge in [-0.3, -0.25) is 0 Å². The molecule has 1 aliphatic rings. The van der Waals surface area contributed by atoms with Gasteiger partial charge in [0.25, 0.3) is 0 Å². The minimum atomic E-state index is -3.45. The summed E-state index contributed by atoms with van der Waals surface area (Å²) in [7, 11) is 1.82. The molecule has 2 nitrogen and oxygen atoms in total. The molecule has 0 radical (unpaired) electrons. The number of halogens is 1. The number of thioether (sulfide) groups is 1. The van der Waals surface area contributed by atoms with Crippen LogP contribution >= 0.6 is 22.4 Å². The largest absolute Gasteiger partial charge is 0.236 e. The van der Waals surface area contributed by atoms with E-state index in [9.17, 15) is 8.42 Å². The Morgan fingerprint density at radius 2 is 2.27 bits per heavy atom. The van der Waals surface area contributed by atoms with Gasteiger partial charge in [0.2, 0.25) is 9.05 Å². The SMILES string of the molecule is CC1Cc2c(CS(=O)(=O)Cl)cccc2S1. The summed E-state index contributed by atoms with van der Waals surface area (Å²) >= 11 is 1.79. The van der Waals surface area contributed by atoms with Crippen molar-refractivity contribution in [3.8, 4) is 0 Å². The topological polar surface area (TPSA) is 34.1 Å². The smallest absolute Gasteiger partial charge is 0.212 e. The molecule has 0 saturated heterocycles. The molecule has 1 heterocycles. The van der Waals surface area contributed by atoms with Crippen molar-refractivity contribution in [3.63, 3.8) is 0 Å². The summed E-state index contributed by atoms with van der Waals surface area (Å²) < 4.78 is 22.1. The molecule has 0 N–H and O–H groups in total. The molecule has 0 aliphatic carbocycles. The summed E-state index contributed by atoms with van der Waals surface area (Å²) in [5.74, 6) is -0.0645. The first kappa shape index (κ1) is 11.3. The van der Waals surface area contributed by atoms with Crippen LogP contribution in [0.4, 0.5) is 0 Å². The molecule has 0 fully saturated rings. The normalized spacial score (nSPS) is 20.3. The van der Waals surface area contributed by atoms with E-state index >= 15 is 0 Å². The molecule has 1 atom stereocenters. The number of benzene rings is 1. The molecule has 0 aromatic heterocycles. The van der Waals surface area contributed by atoms with E-state index < -0.39 is 9.05 Å². The summed E-state index contributed by atoms with van der Waals surface area (Å²) in [6.45, 7) is 2.14. The molecule has 2 rings (SSSR count). The number of rotatable bonds is 2. The zero-order valence-corrected chi connectivity index (χ0v) is 10.6. The van der Waals surface area contributed by atoms with E-state index in [1.807, 2.05) is 18.2 Å². The second-order valence-electron chi connectivity index (χ2n) is 3.71. The fourth-order valence-corrected chi connectivity index (χ4v) is 4.01. The molecule has 0 amide bonds. The molecular formula is C10H11ClO2S2. The fourth-order valence-electron chi connectivity index (χ4n) is 1.82. The van der Waals surface area contributed by atoms with E-state index in [2.05, 4.69) is 6.92 Å². The van der Waals surface area contributed by atoms with Crippen LogP contribution in [-0.2, 0) is 21.2 Å². The predicted molar refractivity (Wildman–Crippen MR) is 63.9 cm³/mol. The first-order valence-electron chi connectivity index (χ1n) is 4.65. The lowest BCUT2D eigenvalue weighted by atomic mass is 10.0. The quantitative estimate of drug-likeness (QED) is 0.769. The van der Waals surface area contributed by atoms with Crippen LogP contribution in [0, 0.1) is 0 Å². The third kappa shape index (κ3) is 2.68. The average Bonchev–Trinajstić information content (AvgIpc) is 2.43. The molecule has 0 spiro atoms.